The molecule has 27 heavy (non-hydrogen) atoms. The minimum absolute atomic E-state index is 0.154. The van der Waals surface area contributed by atoms with E-state index in [4.69, 9.17) is 11.6 Å². The molecule has 2 aliphatic heterocycles. The van der Waals surface area contributed by atoms with Gasteiger partial charge in [0.25, 0.3) is 5.91 Å². The Balaban J connectivity index is 1.45. The van der Waals surface area contributed by atoms with Gasteiger partial charge < -0.3 is 10.2 Å². The standard InChI is InChI=1S/C21H30ClN3O2/c1-15-6-7-17(18(22)11-15)20(27)23-9-8-16-5-4-10-25(16)19(26)12-24-13-21(2,3)14-24/h6-7,11,16H,4-5,8-10,12-14H2,1-3H3,(H,23,27)/t16-/m1/s1. The summed E-state index contributed by atoms with van der Waals surface area (Å²) >= 11 is 6.16. The van der Waals surface area contributed by atoms with Crippen molar-refractivity contribution in [3.05, 3.63) is 34.3 Å². The monoisotopic (exact) mass is 391 g/mol. The SMILES string of the molecule is Cc1ccc(C(=O)NCC[C@H]2CCCN2C(=O)CN2CC(C)(C)C2)c(Cl)c1. The van der Waals surface area contributed by atoms with Crippen molar-refractivity contribution in [3.8, 4) is 0 Å². The molecule has 148 valence electrons. The number of aryl methyl sites for hydroxylation is 1. The van der Waals surface area contributed by atoms with Crippen LogP contribution in [0, 0.1) is 12.3 Å². The van der Waals surface area contributed by atoms with E-state index in [9.17, 15) is 9.59 Å². The number of carbonyl (C=O) groups is 2. The number of likely N-dealkylation sites (tertiary alicyclic amines) is 2. The Morgan fingerprint density at radius 3 is 2.70 bits per heavy atom. The lowest BCUT2D eigenvalue weighted by Crippen LogP contribution is -2.56. The second-order valence-electron chi connectivity index (χ2n) is 8.72. The van der Waals surface area contributed by atoms with Crippen LogP contribution in [-0.2, 0) is 4.79 Å². The molecule has 2 aliphatic rings. The van der Waals surface area contributed by atoms with Crippen LogP contribution in [0.5, 0.6) is 0 Å². The van der Waals surface area contributed by atoms with Gasteiger partial charge in [-0.3, -0.25) is 14.5 Å². The summed E-state index contributed by atoms with van der Waals surface area (Å²) in [7, 11) is 0. The molecule has 5 nitrogen and oxygen atoms in total. The summed E-state index contributed by atoms with van der Waals surface area (Å²) in [6.07, 6.45) is 2.84. The van der Waals surface area contributed by atoms with E-state index in [0.717, 1.165) is 44.5 Å². The zero-order valence-corrected chi connectivity index (χ0v) is 17.3. The van der Waals surface area contributed by atoms with E-state index in [0.29, 0.717) is 29.1 Å². The normalized spacial score (nSPS) is 21.8. The first-order chi connectivity index (χ1) is 12.7. The minimum Gasteiger partial charge on any atom is -0.352 e. The Morgan fingerprint density at radius 2 is 2.04 bits per heavy atom. The number of hydrogen-bond donors (Lipinski definition) is 1. The third kappa shape index (κ3) is 5.02. The topological polar surface area (TPSA) is 52.7 Å². The van der Waals surface area contributed by atoms with Crippen molar-refractivity contribution in [2.45, 2.75) is 46.1 Å². The number of rotatable bonds is 6. The van der Waals surface area contributed by atoms with Gasteiger partial charge in [-0.1, -0.05) is 31.5 Å². The van der Waals surface area contributed by atoms with Crippen molar-refractivity contribution < 1.29 is 9.59 Å². The summed E-state index contributed by atoms with van der Waals surface area (Å²) in [6.45, 7) is 10.3. The molecule has 3 rings (SSSR count). The molecular weight excluding hydrogens is 362 g/mol. The molecule has 2 heterocycles. The molecule has 2 fully saturated rings. The minimum atomic E-state index is -0.154. The lowest BCUT2D eigenvalue weighted by atomic mass is 9.84. The summed E-state index contributed by atoms with van der Waals surface area (Å²) in [6, 6.07) is 5.66. The molecule has 1 N–H and O–H groups in total. The largest absolute Gasteiger partial charge is 0.352 e. The van der Waals surface area contributed by atoms with Gasteiger partial charge in [-0.25, -0.2) is 0 Å². The molecule has 0 unspecified atom stereocenters. The molecule has 0 aliphatic carbocycles. The highest BCUT2D eigenvalue weighted by Gasteiger charge is 2.37. The smallest absolute Gasteiger partial charge is 0.252 e. The van der Waals surface area contributed by atoms with E-state index >= 15 is 0 Å². The fourth-order valence-corrected chi connectivity index (χ4v) is 4.60. The highest BCUT2D eigenvalue weighted by Crippen LogP contribution is 2.29. The van der Waals surface area contributed by atoms with Gasteiger partial charge >= 0.3 is 0 Å². The summed E-state index contributed by atoms with van der Waals surface area (Å²) in [5, 5.41) is 3.42. The van der Waals surface area contributed by atoms with Crippen LogP contribution in [0.1, 0.15) is 49.0 Å². The molecule has 0 radical (unpaired) electrons. The van der Waals surface area contributed by atoms with Gasteiger partial charge in [0.2, 0.25) is 5.91 Å². The van der Waals surface area contributed by atoms with E-state index < -0.39 is 0 Å². The van der Waals surface area contributed by atoms with Gasteiger partial charge in [-0.2, -0.15) is 0 Å². The Labute approximate surface area is 167 Å². The number of amides is 2. The van der Waals surface area contributed by atoms with Crippen molar-refractivity contribution >= 4 is 23.4 Å². The first kappa shape index (κ1) is 20.2. The maximum atomic E-state index is 12.6. The van der Waals surface area contributed by atoms with Crippen molar-refractivity contribution in [3.63, 3.8) is 0 Å². The van der Waals surface area contributed by atoms with Crippen LogP contribution in [0.3, 0.4) is 0 Å². The average Bonchev–Trinajstić information content (AvgIpc) is 3.01. The predicted octanol–water partition coefficient (Wildman–Crippen LogP) is 3.10. The predicted molar refractivity (Wildman–Crippen MR) is 108 cm³/mol. The van der Waals surface area contributed by atoms with E-state index in [1.807, 2.05) is 17.9 Å². The van der Waals surface area contributed by atoms with Crippen molar-refractivity contribution in [1.29, 1.82) is 0 Å². The molecule has 2 amide bonds. The van der Waals surface area contributed by atoms with Crippen LogP contribution in [0.2, 0.25) is 5.02 Å². The number of halogens is 1. The Morgan fingerprint density at radius 1 is 1.30 bits per heavy atom. The zero-order chi connectivity index (χ0) is 19.6. The summed E-state index contributed by atoms with van der Waals surface area (Å²) in [5.41, 5.74) is 1.87. The zero-order valence-electron chi connectivity index (χ0n) is 16.6. The molecule has 0 spiro atoms. The Kier molecular flexibility index (Phi) is 6.11. The Hall–Kier alpha value is -1.59. The van der Waals surface area contributed by atoms with Gasteiger partial charge in [-0.15, -0.1) is 0 Å². The molecule has 2 saturated heterocycles. The number of hydrogen-bond acceptors (Lipinski definition) is 3. The van der Waals surface area contributed by atoms with Gasteiger partial charge in [0.15, 0.2) is 0 Å². The average molecular weight is 392 g/mol. The first-order valence-electron chi connectivity index (χ1n) is 9.81. The number of nitrogens with zero attached hydrogens (tertiary/aromatic N) is 2. The molecule has 6 heteroatoms. The third-order valence-corrected chi connectivity index (χ3v) is 5.80. The lowest BCUT2D eigenvalue weighted by molar-refractivity contribution is -0.136. The summed E-state index contributed by atoms with van der Waals surface area (Å²) in [4.78, 5) is 29.2. The van der Waals surface area contributed by atoms with Crippen LogP contribution >= 0.6 is 11.6 Å². The Bertz CT molecular complexity index is 711. The quantitative estimate of drug-likeness (QED) is 0.810. The third-order valence-electron chi connectivity index (χ3n) is 5.49. The van der Waals surface area contributed by atoms with Gasteiger partial charge in [-0.05, 0) is 49.3 Å². The van der Waals surface area contributed by atoms with Gasteiger partial charge in [0, 0.05) is 32.2 Å². The highest BCUT2D eigenvalue weighted by molar-refractivity contribution is 6.33. The summed E-state index contributed by atoms with van der Waals surface area (Å²) in [5.74, 6) is 0.0691. The van der Waals surface area contributed by atoms with Crippen LogP contribution in [0.4, 0.5) is 0 Å². The first-order valence-corrected chi connectivity index (χ1v) is 10.2. The van der Waals surface area contributed by atoms with Crippen molar-refractivity contribution in [1.82, 2.24) is 15.1 Å². The maximum Gasteiger partial charge on any atom is 0.252 e. The van der Waals surface area contributed by atoms with Gasteiger partial charge in [0.1, 0.15) is 0 Å². The second kappa shape index (κ2) is 8.19. The number of nitrogens with one attached hydrogen (secondary N) is 1. The van der Waals surface area contributed by atoms with Gasteiger partial charge in [0.05, 0.1) is 17.1 Å². The van der Waals surface area contributed by atoms with E-state index in [1.165, 1.54) is 0 Å². The summed E-state index contributed by atoms with van der Waals surface area (Å²) < 4.78 is 0. The van der Waals surface area contributed by atoms with Crippen molar-refractivity contribution in [2.24, 2.45) is 5.41 Å². The van der Waals surface area contributed by atoms with E-state index in [2.05, 4.69) is 24.1 Å². The molecule has 1 aromatic carbocycles. The molecule has 1 aromatic rings. The molecular formula is C21H30ClN3O2. The highest BCUT2D eigenvalue weighted by atomic mass is 35.5. The molecule has 0 aromatic heterocycles. The number of benzene rings is 1. The fraction of sp³-hybridized carbons (Fsp3) is 0.619. The second-order valence-corrected chi connectivity index (χ2v) is 9.13. The van der Waals surface area contributed by atoms with Crippen LogP contribution < -0.4 is 5.32 Å². The maximum absolute atomic E-state index is 12.6. The van der Waals surface area contributed by atoms with Crippen LogP contribution in [-0.4, -0.2) is 60.4 Å². The van der Waals surface area contributed by atoms with Crippen LogP contribution in [0.15, 0.2) is 18.2 Å². The molecule has 0 bridgehead atoms. The molecule has 0 saturated carbocycles. The van der Waals surface area contributed by atoms with E-state index in [1.54, 1.807) is 12.1 Å². The lowest BCUT2D eigenvalue weighted by Gasteiger charge is -2.46. The van der Waals surface area contributed by atoms with E-state index in [-0.39, 0.29) is 17.9 Å². The van der Waals surface area contributed by atoms with Crippen LogP contribution in [0.25, 0.3) is 0 Å². The molecule has 1 atom stereocenters. The fourth-order valence-electron chi connectivity index (χ4n) is 4.27. The van der Waals surface area contributed by atoms with Crippen molar-refractivity contribution in [2.75, 3.05) is 32.7 Å². The number of carbonyl (C=O) groups excluding carboxylic acids is 2.